The van der Waals surface area contributed by atoms with Crippen LogP contribution in [0.1, 0.15) is 31.4 Å². The lowest BCUT2D eigenvalue weighted by Crippen LogP contribution is -2.24. The Hall–Kier alpha value is -2.04. The summed E-state index contributed by atoms with van der Waals surface area (Å²) in [5, 5.41) is 3.71. The van der Waals surface area contributed by atoms with Gasteiger partial charge >= 0.3 is 6.03 Å². The van der Waals surface area contributed by atoms with Crippen LogP contribution >= 0.6 is 0 Å². The standard InChI is InChI=1S/C14H21N3O2/c1-10(2)6-7-19-13-5-4-12(8-11(13)3)9-16-17-14(15)18/h4-5,8-10H,6-7H2,1-3H3,(H3,15,17,18). The third-order valence-electron chi connectivity index (χ3n) is 2.54. The lowest BCUT2D eigenvalue weighted by molar-refractivity contribution is 0.249. The number of hydrogen-bond donors (Lipinski definition) is 2. The SMILES string of the molecule is Cc1cc(C=NNC(N)=O)ccc1OCCC(C)C. The predicted molar refractivity (Wildman–Crippen MR) is 76.4 cm³/mol. The molecule has 0 aliphatic heterocycles. The maximum Gasteiger partial charge on any atom is 0.332 e. The fraction of sp³-hybridized carbons (Fsp3) is 0.429. The van der Waals surface area contributed by atoms with Gasteiger partial charge in [-0.2, -0.15) is 5.10 Å². The summed E-state index contributed by atoms with van der Waals surface area (Å²) in [5.74, 6) is 1.51. The van der Waals surface area contributed by atoms with E-state index >= 15 is 0 Å². The van der Waals surface area contributed by atoms with Gasteiger partial charge in [-0.05, 0) is 48.6 Å². The molecule has 104 valence electrons. The highest BCUT2D eigenvalue weighted by Crippen LogP contribution is 2.19. The Balaban J connectivity index is 2.58. The van der Waals surface area contributed by atoms with E-state index in [4.69, 9.17) is 10.5 Å². The van der Waals surface area contributed by atoms with Crippen LogP contribution in [-0.4, -0.2) is 18.9 Å². The average Bonchev–Trinajstić information content (AvgIpc) is 2.31. The molecule has 0 unspecified atom stereocenters. The van der Waals surface area contributed by atoms with Gasteiger partial charge in [0.2, 0.25) is 0 Å². The predicted octanol–water partition coefficient (Wildman–Crippen LogP) is 2.42. The number of hydrazone groups is 1. The Morgan fingerprint density at radius 3 is 2.84 bits per heavy atom. The highest BCUT2D eigenvalue weighted by Gasteiger charge is 2.01. The normalized spacial score (nSPS) is 10.9. The van der Waals surface area contributed by atoms with E-state index in [1.807, 2.05) is 25.1 Å². The number of rotatable bonds is 6. The summed E-state index contributed by atoms with van der Waals surface area (Å²) in [6.45, 7) is 7.03. The van der Waals surface area contributed by atoms with E-state index in [9.17, 15) is 4.79 Å². The van der Waals surface area contributed by atoms with Crippen molar-refractivity contribution < 1.29 is 9.53 Å². The minimum Gasteiger partial charge on any atom is -0.493 e. The van der Waals surface area contributed by atoms with E-state index in [2.05, 4.69) is 24.4 Å². The van der Waals surface area contributed by atoms with E-state index in [0.29, 0.717) is 5.92 Å². The van der Waals surface area contributed by atoms with E-state index in [0.717, 1.165) is 29.9 Å². The van der Waals surface area contributed by atoms with Crippen molar-refractivity contribution in [3.63, 3.8) is 0 Å². The number of hydrogen-bond acceptors (Lipinski definition) is 3. The van der Waals surface area contributed by atoms with Crippen molar-refractivity contribution in [1.29, 1.82) is 0 Å². The zero-order valence-corrected chi connectivity index (χ0v) is 11.6. The van der Waals surface area contributed by atoms with E-state index < -0.39 is 6.03 Å². The smallest absolute Gasteiger partial charge is 0.332 e. The van der Waals surface area contributed by atoms with Gasteiger partial charge in [-0.15, -0.1) is 0 Å². The van der Waals surface area contributed by atoms with Gasteiger partial charge < -0.3 is 10.5 Å². The highest BCUT2D eigenvalue weighted by atomic mass is 16.5. The summed E-state index contributed by atoms with van der Waals surface area (Å²) >= 11 is 0. The van der Waals surface area contributed by atoms with Gasteiger partial charge in [0, 0.05) is 0 Å². The van der Waals surface area contributed by atoms with Crippen LogP contribution in [0.2, 0.25) is 0 Å². The molecule has 0 aromatic heterocycles. The molecule has 5 nitrogen and oxygen atoms in total. The summed E-state index contributed by atoms with van der Waals surface area (Å²) in [4.78, 5) is 10.5. The third kappa shape index (κ3) is 5.90. The third-order valence-corrected chi connectivity index (χ3v) is 2.54. The van der Waals surface area contributed by atoms with Gasteiger partial charge in [-0.3, -0.25) is 0 Å². The Kier molecular flexibility index (Phi) is 5.85. The van der Waals surface area contributed by atoms with E-state index in [1.165, 1.54) is 6.21 Å². The molecule has 0 bridgehead atoms. The lowest BCUT2D eigenvalue weighted by Gasteiger charge is -2.10. The van der Waals surface area contributed by atoms with Gasteiger partial charge in [0.1, 0.15) is 5.75 Å². The highest BCUT2D eigenvalue weighted by molar-refractivity contribution is 5.82. The van der Waals surface area contributed by atoms with Gasteiger partial charge in [-0.1, -0.05) is 13.8 Å². The molecule has 1 aromatic rings. The summed E-state index contributed by atoms with van der Waals surface area (Å²) in [6.07, 6.45) is 2.57. The average molecular weight is 263 g/mol. The van der Waals surface area contributed by atoms with Crippen molar-refractivity contribution in [1.82, 2.24) is 5.43 Å². The van der Waals surface area contributed by atoms with Crippen LogP contribution < -0.4 is 15.9 Å². The molecular weight excluding hydrogens is 242 g/mol. The number of aryl methyl sites for hydroxylation is 1. The number of carbonyl (C=O) groups excluding carboxylic acids is 1. The van der Waals surface area contributed by atoms with Crippen molar-refractivity contribution in [3.05, 3.63) is 29.3 Å². The Bertz CT molecular complexity index is 456. The quantitative estimate of drug-likeness (QED) is 0.611. The Morgan fingerprint density at radius 1 is 1.53 bits per heavy atom. The minimum atomic E-state index is -0.679. The van der Waals surface area contributed by atoms with Gasteiger partial charge in [0.05, 0.1) is 12.8 Å². The molecule has 0 saturated heterocycles. The zero-order chi connectivity index (χ0) is 14.3. The molecule has 0 atom stereocenters. The van der Waals surface area contributed by atoms with Crippen LogP contribution in [0.15, 0.2) is 23.3 Å². The summed E-state index contributed by atoms with van der Waals surface area (Å²) < 4.78 is 5.71. The van der Waals surface area contributed by atoms with Crippen molar-refractivity contribution in [3.8, 4) is 5.75 Å². The number of amides is 2. The zero-order valence-electron chi connectivity index (χ0n) is 11.6. The van der Waals surface area contributed by atoms with Gasteiger partial charge in [0.15, 0.2) is 0 Å². The number of primary amides is 1. The van der Waals surface area contributed by atoms with E-state index in [1.54, 1.807) is 0 Å². The molecule has 0 aliphatic carbocycles. The van der Waals surface area contributed by atoms with Crippen LogP contribution in [-0.2, 0) is 0 Å². The van der Waals surface area contributed by atoms with Crippen LogP contribution in [0.4, 0.5) is 4.79 Å². The van der Waals surface area contributed by atoms with Crippen LogP contribution in [0, 0.1) is 12.8 Å². The summed E-state index contributed by atoms with van der Waals surface area (Å²) in [7, 11) is 0. The monoisotopic (exact) mass is 263 g/mol. The maximum absolute atomic E-state index is 10.5. The first-order valence-electron chi connectivity index (χ1n) is 6.31. The molecule has 0 saturated carbocycles. The topological polar surface area (TPSA) is 76.7 Å². The van der Waals surface area contributed by atoms with E-state index in [-0.39, 0.29) is 0 Å². The largest absolute Gasteiger partial charge is 0.493 e. The number of nitrogens with zero attached hydrogens (tertiary/aromatic N) is 1. The first-order valence-corrected chi connectivity index (χ1v) is 6.31. The molecule has 1 rings (SSSR count). The van der Waals surface area contributed by atoms with Gasteiger partial charge in [0.25, 0.3) is 0 Å². The molecule has 3 N–H and O–H groups in total. The fourth-order valence-corrected chi connectivity index (χ4v) is 1.49. The number of urea groups is 1. The molecule has 1 aromatic carbocycles. The fourth-order valence-electron chi connectivity index (χ4n) is 1.49. The molecule has 0 heterocycles. The summed E-state index contributed by atoms with van der Waals surface area (Å²) in [6, 6.07) is 5.05. The second-order valence-corrected chi connectivity index (χ2v) is 4.79. The van der Waals surface area contributed by atoms with Crippen LogP contribution in [0.3, 0.4) is 0 Å². The number of benzene rings is 1. The summed E-state index contributed by atoms with van der Waals surface area (Å²) in [5.41, 5.74) is 8.97. The van der Waals surface area contributed by atoms with Crippen molar-refractivity contribution >= 4 is 12.2 Å². The number of ether oxygens (including phenoxy) is 1. The first kappa shape index (κ1) is 15.0. The second kappa shape index (κ2) is 7.41. The number of nitrogens with one attached hydrogen (secondary N) is 1. The molecule has 0 fully saturated rings. The first-order chi connectivity index (χ1) is 8.99. The Labute approximate surface area is 113 Å². The molecule has 0 aliphatic rings. The van der Waals surface area contributed by atoms with Crippen LogP contribution in [0.25, 0.3) is 0 Å². The van der Waals surface area contributed by atoms with Crippen molar-refractivity contribution in [2.45, 2.75) is 27.2 Å². The number of carbonyl (C=O) groups is 1. The molecule has 2 amide bonds. The molecule has 0 radical (unpaired) electrons. The van der Waals surface area contributed by atoms with Crippen molar-refractivity contribution in [2.75, 3.05) is 6.61 Å². The van der Waals surface area contributed by atoms with Gasteiger partial charge in [-0.25, -0.2) is 10.2 Å². The molecule has 0 spiro atoms. The maximum atomic E-state index is 10.5. The minimum absolute atomic E-state index is 0.631. The Morgan fingerprint density at radius 2 is 2.26 bits per heavy atom. The van der Waals surface area contributed by atoms with Crippen molar-refractivity contribution in [2.24, 2.45) is 16.8 Å². The number of nitrogens with two attached hydrogens (primary N) is 1. The molecule has 19 heavy (non-hydrogen) atoms. The van der Waals surface area contributed by atoms with Crippen LogP contribution in [0.5, 0.6) is 5.75 Å². The molecule has 5 heteroatoms. The second-order valence-electron chi connectivity index (χ2n) is 4.79. The molecular formula is C14H21N3O2. The lowest BCUT2D eigenvalue weighted by atomic mass is 10.1.